The van der Waals surface area contributed by atoms with Crippen LogP contribution in [0, 0.1) is 6.92 Å². The van der Waals surface area contributed by atoms with E-state index in [-0.39, 0.29) is 18.6 Å². The van der Waals surface area contributed by atoms with Gasteiger partial charge >= 0.3 is 0 Å². The van der Waals surface area contributed by atoms with Crippen LogP contribution in [0.15, 0.2) is 5.38 Å². The Morgan fingerprint density at radius 2 is 2.30 bits per heavy atom. The van der Waals surface area contributed by atoms with Crippen molar-refractivity contribution >= 4 is 29.0 Å². The van der Waals surface area contributed by atoms with Crippen LogP contribution < -0.4 is 0 Å². The normalized spacial score (nSPS) is 11.1. The van der Waals surface area contributed by atoms with Gasteiger partial charge in [-0.3, -0.25) is 4.79 Å². The minimum absolute atomic E-state index is 0.133. The van der Waals surface area contributed by atoms with E-state index in [0.29, 0.717) is 19.4 Å². The third-order valence-electron chi connectivity index (χ3n) is 2.88. The maximum absolute atomic E-state index is 12.1. The van der Waals surface area contributed by atoms with Crippen molar-refractivity contribution in [2.24, 2.45) is 0 Å². The number of aliphatic hydroxyl groups excluding tert-OH is 1. The Bertz CT molecular complexity index is 408. The van der Waals surface area contributed by atoms with Gasteiger partial charge in [0.2, 0.25) is 5.91 Å². The van der Waals surface area contributed by atoms with E-state index in [4.69, 9.17) is 5.11 Å². The topological polar surface area (TPSA) is 53.4 Å². The van der Waals surface area contributed by atoms with Gasteiger partial charge in [0.15, 0.2) is 0 Å². The van der Waals surface area contributed by atoms with Crippen LogP contribution in [0.2, 0.25) is 0 Å². The van der Waals surface area contributed by atoms with E-state index in [1.54, 1.807) is 23.1 Å². The molecule has 1 rings (SSSR count). The number of thioether (sulfide) groups is 1. The fourth-order valence-corrected chi connectivity index (χ4v) is 3.40. The summed E-state index contributed by atoms with van der Waals surface area (Å²) in [4.78, 5) is 18.4. The third kappa shape index (κ3) is 6.24. The molecule has 114 valence electrons. The monoisotopic (exact) mass is 316 g/mol. The van der Waals surface area contributed by atoms with Gasteiger partial charge in [0.05, 0.1) is 10.7 Å². The Kier molecular flexibility index (Phi) is 8.18. The fourth-order valence-electron chi connectivity index (χ4n) is 1.87. The predicted octanol–water partition coefficient (Wildman–Crippen LogP) is 2.69. The van der Waals surface area contributed by atoms with E-state index in [2.05, 4.69) is 10.4 Å². The first kappa shape index (κ1) is 17.5. The van der Waals surface area contributed by atoms with Crippen LogP contribution in [-0.2, 0) is 10.5 Å². The first-order chi connectivity index (χ1) is 9.54. The van der Waals surface area contributed by atoms with E-state index < -0.39 is 0 Å². The Balaban J connectivity index is 2.26. The Labute approximate surface area is 129 Å². The highest BCUT2D eigenvalue weighted by Gasteiger charge is 2.15. The predicted molar refractivity (Wildman–Crippen MR) is 86.2 cm³/mol. The minimum atomic E-state index is 0.133. The number of nitrogens with zero attached hydrogens (tertiary/aromatic N) is 2. The van der Waals surface area contributed by atoms with Gasteiger partial charge in [-0.25, -0.2) is 4.98 Å². The molecule has 1 heterocycles. The summed E-state index contributed by atoms with van der Waals surface area (Å²) < 4.78 is 0. The number of aryl methyl sites for hydroxylation is 1. The standard InChI is InChI=1S/C14H24N2O2S2/c1-11(2)16(6-4-7-17)14(18)5-8-19-9-13-10-20-12(3)15-13/h10-11,17H,4-9H2,1-3H3. The maximum Gasteiger partial charge on any atom is 0.223 e. The summed E-state index contributed by atoms with van der Waals surface area (Å²) in [7, 11) is 0. The molecular formula is C14H24N2O2S2. The summed E-state index contributed by atoms with van der Waals surface area (Å²) >= 11 is 3.41. The molecule has 6 heteroatoms. The Morgan fingerprint density at radius 3 is 2.85 bits per heavy atom. The molecule has 0 aliphatic rings. The molecule has 1 aromatic rings. The number of thiazole rings is 1. The van der Waals surface area contributed by atoms with Crippen molar-refractivity contribution in [2.75, 3.05) is 18.9 Å². The van der Waals surface area contributed by atoms with Crippen molar-refractivity contribution in [1.82, 2.24) is 9.88 Å². The number of hydrogen-bond donors (Lipinski definition) is 1. The SMILES string of the molecule is Cc1nc(CSCCC(=O)N(CCCO)C(C)C)cs1. The molecule has 0 saturated heterocycles. The zero-order valence-electron chi connectivity index (χ0n) is 12.5. The highest BCUT2D eigenvalue weighted by Crippen LogP contribution is 2.16. The molecule has 0 atom stereocenters. The van der Waals surface area contributed by atoms with Crippen molar-refractivity contribution in [3.8, 4) is 0 Å². The van der Waals surface area contributed by atoms with Gasteiger partial charge < -0.3 is 10.0 Å². The largest absolute Gasteiger partial charge is 0.396 e. The van der Waals surface area contributed by atoms with Crippen molar-refractivity contribution in [1.29, 1.82) is 0 Å². The van der Waals surface area contributed by atoms with Gasteiger partial charge in [-0.2, -0.15) is 11.8 Å². The van der Waals surface area contributed by atoms with Crippen molar-refractivity contribution in [3.63, 3.8) is 0 Å². The zero-order chi connectivity index (χ0) is 15.0. The lowest BCUT2D eigenvalue weighted by Crippen LogP contribution is -2.38. The highest BCUT2D eigenvalue weighted by atomic mass is 32.2. The summed E-state index contributed by atoms with van der Waals surface area (Å²) in [5.74, 6) is 1.86. The molecule has 0 aromatic carbocycles. The van der Waals surface area contributed by atoms with Gasteiger partial charge in [0.25, 0.3) is 0 Å². The summed E-state index contributed by atoms with van der Waals surface area (Å²) in [6, 6.07) is 0.195. The Hall–Kier alpha value is -0.590. The molecule has 0 unspecified atom stereocenters. The van der Waals surface area contributed by atoms with Crippen molar-refractivity contribution in [3.05, 3.63) is 16.1 Å². The van der Waals surface area contributed by atoms with Gasteiger partial charge in [-0.1, -0.05) is 0 Å². The van der Waals surface area contributed by atoms with E-state index in [9.17, 15) is 4.79 Å². The lowest BCUT2D eigenvalue weighted by Gasteiger charge is -2.26. The lowest BCUT2D eigenvalue weighted by atomic mass is 10.2. The second kappa shape index (κ2) is 9.37. The van der Waals surface area contributed by atoms with Gasteiger partial charge in [-0.15, -0.1) is 11.3 Å². The first-order valence-electron chi connectivity index (χ1n) is 6.93. The number of amides is 1. The van der Waals surface area contributed by atoms with Gasteiger partial charge in [0.1, 0.15) is 0 Å². The van der Waals surface area contributed by atoms with E-state index in [1.165, 1.54) is 0 Å². The van der Waals surface area contributed by atoms with Crippen LogP contribution in [-0.4, -0.2) is 45.8 Å². The summed E-state index contributed by atoms with van der Waals surface area (Å²) in [6.45, 7) is 6.81. The number of aromatic nitrogens is 1. The molecule has 4 nitrogen and oxygen atoms in total. The quantitative estimate of drug-likeness (QED) is 0.712. The minimum Gasteiger partial charge on any atom is -0.396 e. The van der Waals surface area contributed by atoms with Crippen molar-refractivity contribution in [2.45, 2.75) is 45.4 Å². The summed E-state index contributed by atoms with van der Waals surface area (Å²) in [5.41, 5.74) is 1.10. The van der Waals surface area contributed by atoms with E-state index in [0.717, 1.165) is 22.2 Å². The molecule has 0 spiro atoms. The van der Waals surface area contributed by atoms with Crippen LogP contribution >= 0.6 is 23.1 Å². The molecule has 0 saturated carbocycles. The Morgan fingerprint density at radius 1 is 1.55 bits per heavy atom. The van der Waals surface area contributed by atoms with E-state index >= 15 is 0 Å². The highest BCUT2D eigenvalue weighted by molar-refractivity contribution is 7.98. The van der Waals surface area contributed by atoms with Crippen LogP contribution in [0.5, 0.6) is 0 Å². The van der Waals surface area contributed by atoms with Crippen LogP contribution in [0.25, 0.3) is 0 Å². The lowest BCUT2D eigenvalue weighted by molar-refractivity contribution is -0.132. The molecule has 0 aliphatic carbocycles. The molecule has 1 N–H and O–H groups in total. The molecule has 0 fully saturated rings. The number of hydrogen-bond acceptors (Lipinski definition) is 5. The molecule has 1 amide bonds. The van der Waals surface area contributed by atoms with Crippen LogP contribution in [0.3, 0.4) is 0 Å². The number of carbonyl (C=O) groups is 1. The second-order valence-corrected chi connectivity index (χ2v) is 7.09. The molecule has 0 aliphatic heterocycles. The molecule has 20 heavy (non-hydrogen) atoms. The third-order valence-corrected chi connectivity index (χ3v) is 4.69. The number of carbonyl (C=O) groups excluding carboxylic acids is 1. The summed E-state index contributed by atoms with van der Waals surface area (Å²) in [5, 5.41) is 12.0. The molecule has 1 aromatic heterocycles. The molecule has 0 radical (unpaired) electrons. The van der Waals surface area contributed by atoms with E-state index in [1.807, 2.05) is 25.7 Å². The number of aliphatic hydroxyl groups is 1. The van der Waals surface area contributed by atoms with Crippen molar-refractivity contribution < 1.29 is 9.90 Å². The zero-order valence-corrected chi connectivity index (χ0v) is 14.1. The van der Waals surface area contributed by atoms with Gasteiger partial charge in [-0.05, 0) is 27.2 Å². The average molecular weight is 316 g/mol. The van der Waals surface area contributed by atoms with Crippen LogP contribution in [0.4, 0.5) is 0 Å². The van der Waals surface area contributed by atoms with Crippen LogP contribution in [0.1, 0.15) is 37.4 Å². The smallest absolute Gasteiger partial charge is 0.223 e. The fraction of sp³-hybridized carbons (Fsp3) is 0.714. The summed E-state index contributed by atoms with van der Waals surface area (Å²) in [6.07, 6.45) is 1.20. The maximum atomic E-state index is 12.1. The average Bonchev–Trinajstić information content (AvgIpc) is 2.80. The second-order valence-electron chi connectivity index (χ2n) is 4.92. The number of rotatable bonds is 9. The molecular weight excluding hydrogens is 292 g/mol. The molecule has 0 bridgehead atoms. The first-order valence-corrected chi connectivity index (χ1v) is 8.97. The van der Waals surface area contributed by atoms with Gasteiger partial charge in [0, 0.05) is 42.5 Å².